The molecule has 0 N–H and O–H groups in total. The summed E-state index contributed by atoms with van der Waals surface area (Å²) >= 11 is 0. The fraction of sp³-hybridized carbons (Fsp3) is 0.417. The Bertz CT molecular complexity index is 780. The van der Waals surface area contributed by atoms with E-state index < -0.39 is 0 Å². The second-order valence-electron chi connectivity index (χ2n) is 7.88. The van der Waals surface area contributed by atoms with Gasteiger partial charge in [0.2, 0.25) is 0 Å². The molecular weight excluding hydrogens is 320 g/mol. The number of benzene rings is 2. The minimum atomic E-state index is 0.0805. The van der Waals surface area contributed by atoms with Crippen molar-refractivity contribution >= 4 is 0 Å². The highest BCUT2D eigenvalue weighted by atomic mass is 16.5. The van der Waals surface area contributed by atoms with Crippen molar-refractivity contribution in [1.29, 1.82) is 0 Å². The monoisotopic (exact) mass is 348 g/mol. The SMILES string of the molecule is CC1=C[C@H](C)[C@H]2CO[C@@H](c3ccccc3OCc3ccccc3)[C@H]1[C@@H]2C. The van der Waals surface area contributed by atoms with E-state index in [9.17, 15) is 0 Å². The maximum absolute atomic E-state index is 6.41. The van der Waals surface area contributed by atoms with Crippen molar-refractivity contribution < 1.29 is 9.47 Å². The second-order valence-corrected chi connectivity index (χ2v) is 7.88. The summed E-state index contributed by atoms with van der Waals surface area (Å²) in [5.74, 6) is 3.24. The topological polar surface area (TPSA) is 18.5 Å². The van der Waals surface area contributed by atoms with E-state index in [1.807, 2.05) is 24.3 Å². The van der Waals surface area contributed by atoms with Crippen LogP contribution in [-0.2, 0) is 11.3 Å². The molecule has 2 bridgehead atoms. The van der Waals surface area contributed by atoms with Gasteiger partial charge in [0, 0.05) is 11.5 Å². The van der Waals surface area contributed by atoms with E-state index in [-0.39, 0.29) is 6.10 Å². The summed E-state index contributed by atoms with van der Waals surface area (Å²) in [6, 6.07) is 18.7. The lowest BCUT2D eigenvalue weighted by Crippen LogP contribution is -2.42. The number of allylic oxidation sites excluding steroid dienone is 1. The number of ether oxygens (including phenoxy) is 2. The van der Waals surface area contributed by atoms with Crippen molar-refractivity contribution in [2.24, 2.45) is 23.7 Å². The fourth-order valence-corrected chi connectivity index (χ4v) is 4.81. The Kier molecular flexibility index (Phi) is 4.86. The minimum absolute atomic E-state index is 0.0805. The van der Waals surface area contributed by atoms with E-state index in [0.29, 0.717) is 30.3 Å². The summed E-state index contributed by atoms with van der Waals surface area (Å²) in [6.45, 7) is 8.40. The summed E-state index contributed by atoms with van der Waals surface area (Å²) in [5.41, 5.74) is 3.83. The van der Waals surface area contributed by atoms with Gasteiger partial charge >= 0.3 is 0 Å². The third-order valence-electron chi connectivity index (χ3n) is 6.23. The molecule has 4 rings (SSSR count). The molecule has 1 aliphatic heterocycles. The molecule has 2 aromatic carbocycles. The van der Waals surface area contributed by atoms with Crippen LogP contribution in [0.5, 0.6) is 5.75 Å². The average molecular weight is 348 g/mol. The van der Waals surface area contributed by atoms with Gasteiger partial charge in [0.05, 0.1) is 12.7 Å². The molecule has 0 spiro atoms. The highest BCUT2D eigenvalue weighted by Crippen LogP contribution is 2.51. The molecule has 0 saturated carbocycles. The van der Waals surface area contributed by atoms with E-state index >= 15 is 0 Å². The molecule has 0 aromatic heterocycles. The molecule has 1 heterocycles. The Morgan fingerprint density at radius 1 is 1.00 bits per heavy atom. The van der Waals surface area contributed by atoms with Gasteiger partial charge < -0.3 is 9.47 Å². The van der Waals surface area contributed by atoms with E-state index in [1.54, 1.807) is 0 Å². The van der Waals surface area contributed by atoms with E-state index in [4.69, 9.17) is 9.47 Å². The number of hydrogen-bond donors (Lipinski definition) is 0. The van der Waals surface area contributed by atoms with Crippen LogP contribution in [0.25, 0.3) is 0 Å². The van der Waals surface area contributed by atoms with Crippen LogP contribution in [0.15, 0.2) is 66.2 Å². The second kappa shape index (κ2) is 7.28. The number of rotatable bonds is 4. The molecule has 5 atom stereocenters. The molecule has 1 saturated heterocycles. The number of fused-ring (bicyclic) bond motifs is 2. The van der Waals surface area contributed by atoms with Crippen LogP contribution in [0.4, 0.5) is 0 Å². The molecule has 1 fully saturated rings. The van der Waals surface area contributed by atoms with Crippen molar-refractivity contribution in [3.05, 3.63) is 77.4 Å². The van der Waals surface area contributed by atoms with Crippen LogP contribution in [-0.4, -0.2) is 6.61 Å². The first-order valence-electron chi connectivity index (χ1n) is 9.70. The summed E-state index contributed by atoms with van der Waals surface area (Å²) in [6.07, 6.45) is 2.54. The largest absolute Gasteiger partial charge is 0.489 e. The summed E-state index contributed by atoms with van der Waals surface area (Å²) in [7, 11) is 0. The van der Waals surface area contributed by atoms with Gasteiger partial charge in [0.25, 0.3) is 0 Å². The van der Waals surface area contributed by atoms with Crippen LogP contribution in [0, 0.1) is 23.7 Å². The van der Waals surface area contributed by atoms with Crippen LogP contribution < -0.4 is 4.74 Å². The maximum Gasteiger partial charge on any atom is 0.125 e. The molecule has 136 valence electrons. The molecule has 0 radical (unpaired) electrons. The van der Waals surface area contributed by atoms with Gasteiger partial charge in [-0.1, -0.05) is 74.0 Å². The fourth-order valence-electron chi connectivity index (χ4n) is 4.81. The Hall–Kier alpha value is -2.06. The molecule has 2 aliphatic rings. The van der Waals surface area contributed by atoms with Crippen LogP contribution in [0.1, 0.15) is 38.0 Å². The molecule has 2 heteroatoms. The Balaban J connectivity index is 1.61. The highest BCUT2D eigenvalue weighted by Gasteiger charge is 2.44. The average Bonchev–Trinajstić information content (AvgIpc) is 2.65. The van der Waals surface area contributed by atoms with Gasteiger partial charge in [-0.25, -0.2) is 0 Å². The van der Waals surface area contributed by atoms with Crippen LogP contribution >= 0.6 is 0 Å². The molecule has 0 amide bonds. The van der Waals surface area contributed by atoms with E-state index in [1.165, 1.54) is 16.7 Å². The first kappa shape index (κ1) is 17.4. The standard InChI is InChI=1S/C24H28O2/c1-16-13-17(2)23-18(3)21(16)15-26-24(23)20-11-7-8-12-22(20)25-14-19-9-5-4-6-10-19/h4-13,16,18,21,23-24H,14-15H2,1-3H3/t16-,18+,21+,23+,24-/m0/s1. The molecule has 0 unspecified atom stereocenters. The summed E-state index contributed by atoms with van der Waals surface area (Å²) in [4.78, 5) is 0. The van der Waals surface area contributed by atoms with Gasteiger partial charge in [-0.3, -0.25) is 0 Å². The van der Waals surface area contributed by atoms with Gasteiger partial charge in [-0.05, 0) is 36.3 Å². The van der Waals surface area contributed by atoms with Crippen LogP contribution in [0.3, 0.4) is 0 Å². The normalized spacial score (nSPS) is 30.6. The molecular formula is C24H28O2. The maximum atomic E-state index is 6.41. The first-order chi connectivity index (χ1) is 12.6. The van der Waals surface area contributed by atoms with Crippen molar-refractivity contribution in [3.63, 3.8) is 0 Å². The number of para-hydroxylation sites is 1. The predicted molar refractivity (Wildman–Crippen MR) is 105 cm³/mol. The Morgan fingerprint density at radius 3 is 2.54 bits per heavy atom. The smallest absolute Gasteiger partial charge is 0.125 e. The van der Waals surface area contributed by atoms with Gasteiger partial charge in [-0.15, -0.1) is 0 Å². The lowest BCUT2D eigenvalue weighted by atomic mass is 9.64. The summed E-state index contributed by atoms with van der Waals surface area (Å²) < 4.78 is 12.6. The van der Waals surface area contributed by atoms with Crippen LogP contribution in [0.2, 0.25) is 0 Å². The van der Waals surface area contributed by atoms with Crippen molar-refractivity contribution in [3.8, 4) is 5.75 Å². The Morgan fingerprint density at radius 2 is 1.73 bits per heavy atom. The van der Waals surface area contributed by atoms with Crippen molar-refractivity contribution in [2.45, 2.75) is 33.5 Å². The highest BCUT2D eigenvalue weighted by molar-refractivity contribution is 5.38. The van der Waals surface area contributed by atoms with E-state index in [0.717, 1.165) is 12.4 Å². The van der Waals surface area contributed by atoms with Gasteiger partial charge in [0.15, 0.2) is 0 Å². The van der Waals surface area contributed by atoms with Crippen molar-refractivity contribution in [1.82, 2.24) is 0 Å². The minimum Gasteiger partial charge on any atom is -0.489 e. The molecule has 2 nitrogen and oxygen atoms in total. The van der Waals surface area contributed by atoms with Crippen molar-refractivity contribution in [2.75, 3.05) is 6.61 Å². The molecule has 1 aliphatic carbocycles. The van der Waals surface area contributed by atoms with E-state index in [2.05, 4.69) is 57.2 Å². The zero-order chi connectivity index (χ0) is 18.1. The third-order valence-corrected chi connectivity index (χ3v) is 6.23. The Labute approximate surface area is 156 Å². The zero-order valence-corrected chi connectivity index (χ0v) is 15.9. The van der Waals surface area contributed by atoms with Gasteiger partial charge in [-0.2, -0.15) is 0 Å². The number of hydrogen-bond acceptors (Lipinski definition) is 2. The first-order valence-corrected chi connectivity index (χ1v) is 9.70. The lowest BCUT2D eigenvalue weighted by Gasteiger charge is -2.47. The lowest BCUT2D eigenvalue weighted by molar-refractivity contribution is -0.0942. The third kappa shape index (κ3) is 3.19. The molecule has 26 heavy (non-hydrogen) atoms. The summed E-state index contributed by atoms with van der Waals surface area (Å²) in [5, 5.41) is 0. The van der Waals surface area contributed by atoms with Gasteiger partial charge in [0.1, 0.15) is 12.4 Å². The predicted octanol–water partition coefficient (Wildman–Crippen LogP) is 5.80. The molecule has 2 aromatic rings. The zero-order valence-electron chi connectivity index (χ0n) is 15.9. The quantitative estimate of drug-likeness (QED) is 0.650.